The molecule has 0 spiro atoms. The molecule has 1 aromatic heterocycles. The number of benzene rings is 2. The van der Waals surface area contributed by atoms with Gasteiger partial charge in [0.25, 0.3) is 0 Å². The van der Waals surface area contributed by atoms with Crippen molar-refractivity contribution < 1.29 is 17.2 Å². The van der Waals surface area contributed by atoms with Gasteiger partial charge in [-0.2, -0.15) is 0 Å². The Kier molecular flexibility index (Phi) is 5.89. The van der Waals surface area contributed by atoms with Crippen molar-refractivity contribution in [2.75, 3.05) is 13.1 Å². The Balaban J connectivity index is 1.41. The summed E-state index contributed by atoms with van der Waals surface area (Å²) in [5.41, 5.74) is 0.697. The lowest BCUT2D eigenvalue weighted by Crippen LogP contribution is -2.28. The van der Waals surface area contributed by atoms with Gasteiger partial charge < -0.3 is 4.57 Å². The van der Waals surface area contributed by atoms with Crippen molar-refractivity contribution in [1.29, 1.82) is 0 Å². The normalized spacial score (nSPS) is 15.0. The third-order valence-corrected chi connectivity index (χ3v) is 6.48. The summed E-state index contributed by atoms with van der Waals surface area (Å²) < 4.78 is 56.0. The molecule has 2 heterocycles. The second kappa shape index (κ2) is 8.58. The number of halogens is 2. The average Bonchev–Trinajstić information content (AvgIpc) is 3.02. The minimum atomic E-state index is -3.64. The summed E-state index contributed by atoms with van der Waals surface area (Å²) in [6, 6.07) is 12.1. The van der Waals surface area contributed by atoms with Crippen LogP contribution in [-0.2, 0) is 36.1 Å². The number of hydrogen-bond acceptors (Lipinski definition) is 5. The van der Waals surface area contributed by atoms with Gasteiger partial charge in [-0.3, -0.25) is 4.90 Å². The number of aromatic nitrogens is 3. The van der Waals surface area contributed by atoms with Crippen molar-refractivity contribution in [1.82, 2.24) is 24.4 Å². The van der Waals surface area contributed by atoms with Crippen LogP contribution in [0.3, 0.4) is 0 Å². The van der Waals surface area contributed by atoms with Crippen molar-refractivity contribution in [3.8, 4) is 0 Å². The van der Waals surface area contributed by atoms with Gasteiger partial charge in [0.05, 0.1) is 11.4 Å². The Hall–Kier alpha value is -2.69. The topological polar surface area (TPSA) is 80.1 Å². The van der Waals surface area contributed by atoms with Crippen LogP contribution in [0.2, 0.25) is 0 Å². The molecular formula is C20H21F2N5O2S. The molecule has 0 aliphatic carbocycles. The van der Waals surface area contributed by atoms with Gasteiger partial charge in [-0.05, 0) is 29.8 Å². The second-order valence-electron chi connectivity index (χ2n) is 7.10. The first-order chi connectivity index (χ1) is 14.4. The summed E-state index contributed by atoms with van der Waals surface area (Å²) in [5.74, 6) is -0.397. The molecule has 158 valence electrons. The van der Waals surface area contributed by atoms with Gasteiger partial charge >= 0.3 is 0 Å². The second-order valence-corrected chi connectivity index (χ2v) is 8.86. The molecule has 3 aromatic rings. The summed E-state index contributed by atoms with van der Waals surface area (Å²) in [7, 11) is -3.64. The number of fused-ring (bicyclic) bond motifs is 1. The number of nitrogens with zero attached hydrogens (tertiary/aromatic N) is 4. The fourth-order valence-electron chi connectivity index (χ4n) is 3.45. The van der Waals surface area contributed by atoms with E-state index in [1.165, 1.54) is 18.2 Å². The maximum absolute atomic E-state index is 13.5. The van der Waals surface area contributed by atoms with Crippen LogP contribution in [0, 0.1) is 11.6 Å². The van der Waals surface area contributed by atoms with Crippen molar-refractivity contribution in [3.05, 3.63) is 77.4 Å². The lowest BCUT2D eigenvalue weighted by molar-refractivity contribution is 0.269. The highest BCUT2D eigenvalue weighted by Gasteiger charge is 2.21. The molecule has 1 aliphatic rings. The third kappa shape index (κ3) is 4.55. The zero-order chi connectivity index (χ0) is 21.1. The highest BCUT2D eigenvalue weighted by Crippen LogP contribution is 2.15. The Labute approximate surface area is 173 Å². The fourth-order valence-corrected chi connectivity index (χ4v) is 4.46. The van der Waals surface area contributed by atoms with Gasteiger partial charge in [0.1, 0.15) is 11.6 Å². The summed E-state index contributed by atoms with van der Waals surface area (Å²) in [6.07, 6.45) is 0.627. The minimum absolute atomic E-state index is 0.0351. The molecule has 0 unspecified atom stereocenters. The molecule has 7 nitrogen and oxygen atoms in total. The van der Waals surface area contributed by atoms with Gasteiger partial charge in [-0.15, -0.1) is 10.2 Å². The van der Waals surface area contributed by atoms with Crippen LogP contribution in [0.4, 0.5) is 8.78 Å². The molecule has 0 fully saturated rings. The van der Waals surface area contributed by atoms with Crippen LogP contribution in [0.25, 0.3) is 0 Å². The Morgan fingerprint density at radius 3 is 2.53 bits per heavy atom. The Morgan fingerprint density at radius 1 is 0.967 bits per heavy atom. The van der Waals surface area contributed by atoms with E-state index in [1.807, 2.05) is 4.57 Å². The van der Waals surface area contributed by atoms with E-state index in [1.54, 1.807) is 24.3 Å². The fraction of sp³-hybridized carbons (Fsp3) is 0.300. The van der Waals surface area contributed by atoms with E-state index in [0.717, 1.165) is 11.9 Å². The van der Waals surface area contributed by atoms with E-state index in [4.69, 9.17) is 0 Å². The first kappa shape index (κ1) is 20.6. The molecule has 0 radical (unpaired) electrons. The van der Waals surface area contributed by atoms with Crippen LogP contribution in [0.5, 0.6) is 0 Å². The van der Waals surface area contributed by atoms with Crippen LogP contribution >= 0.6 is 0 Å². The largest absolute Gasteiger partial charge is 0.313 e. The number of rotatable bonds is 6. The molecule has 10 heteroatoms. The van der Waals surface area contributed by atoms with E-state index >= 15 is 0 Å². The van der Waals surface area contributed by atoms with Crippen LogP contribution in [-0.4, -0.2) is 41.2 Å². The predicted octanol–water partition coefficient (Wildman–Crippen LogP) is 2.09. The Bertz CT molecular complexity index is 1140. The average molecular weight is 433 g/mol. The monoisotopic (exact) mass is 433 g/mol. The van der Waals surface area contributed by atoms with Gasteiger partial charge in [-0.1, -0.05) is 24.3 Å². The van der Waals surface area contributed by atoms with Crippen molar-refractivity contribution in [2.45, 2.75) is 31.0 Å². The van der Waals surface area contributed by atoms with E-state index < -0.39 is 21.7 Å². The quantitative estimate of drug-likeness (QED) is 0.644. The zero-order valence-electron chi connectivity index (χ0n) is 16.1. The molecule has 1 aliphatic heterocycles. The molecular weight excluding hydrogens is 412 g/mol. The number of sulfonamides is 1. The standard InChI is InChI=1S/C20H21F2N5O2S/c21-17-7-6-15(12-18(17)22)14-26-9-8-19-24-25-20(27(19)11-10-26)13-23-30(28,29)16-4-2-1-3-5-16/h1-7,12,23H,8-11,13-14H2. The highest BCUT2D eigenvalue weighted by molar-refractivity contribution is 7.89. The number of hydrogen-bond donors (Lipinski definition) is 1. The van der Waals surface area contributed by atoms with Gasteiger partial charge in [0.15, 0.2) is 11.6 Å². The summed E-state index contributed by atoms with van der Waals surface area (Å²) in [6.45, 7) is 2.45. The maximum atomic E-state index is 13.5. The minimum Gasteiger partial charge on any atom is -0.313 e. The molecule has 0 saturated carbocycles. The van der Waals surface area contributed by atoms with Gasteiger partial charge in [0, 0.05) is 32.6 Å². The molecule has 2 aromatic carbocycles. The summed E-state index contributed by atoms with van der Waals surface area (Å²) >= 11 is 0. The summed E-state index contributed by atoms with van der Waals surface area (Å²) in [5, 5.41) is 8.34. The van der Waals surface area contributed by atoms with Gasteiger partial charge in [-0.25, -0.2) is 21.9 Å². The van der Waals surface area contributed by atoms with E-state index in [9.17, 15) is 17.2 Å². The van der Waals surface area contributed by atoms with Crippen LogP contribution in [0.15, 0.2) is 53.4 Å². The lowest BCUT2D eigenvalue weighted by atomic mass is 10.2. The first-order valence-corrected chi connectivity index (χ1v) is 11.0. The highest BCUT2D eigenvalue weighted by atomic mass is 32.2. The molecule has 0 atom stereocenters. The van der Waals surface area contributed by atoms with Gasteiger partial charge in [0.2, 0.25) is 10.0 Å². The predicted molar refractivity (Wildman–Crippen MR) is 106 cm³/mol. The lowest BCUT2D eigenvalue weighted by Gasteiger charge is -2.19. The van der Waals surface area contributed by atoms with E-state index in [0.29, 0.717) is 44.0 Å². The zero-order valence-corrected chi connectivity index (χ0v) is 16.9. The first-order valence-electron chi connectivity index (χ1n) is 9.54. The van der Waals surface area contributed by atoms with Crippen LogP contribution in [0.1, 0.15) is 17.2 Å². The maximum Gasteiger partial charge on any atom is 0.240 e. The Morgan fingerprint density at radius 2 is 1.77 bits per heavy atom. The van der Waals surface area contributed by atoms with Crippen molar-refractivity contribution >= 4 is 10.0 Å². The summed E-state index contributed by atoms with van der Waals surface area (Å²) in [4.78, 5) is 2.32. The molecule has 4 rings (SSSR count). The third-order valence-electron chi connectivity index (χ3n) is 5.06. The van der Waals surface area contributed by atoms with Crippen LogP contribution < -0.4 is 4.72 Å². The SMILES string of the molecule is O=S(=O)(NCc1nnc2n1CCN(Cc1ccc(F)c(F)c1)CC2)c1ccccc1. The van der Waals surface area contributed by atoms with Crippen molar-refractivity contribution in [2.24, 2.45) is 0 Å². The molecule has 0 saturated heterocycles. The smallest absolute Gasteiger partial charge is 0.240 e. The molecule has 0 bridgehead atoms. The molecule has 0 amide bonds. The number of nitrogens with one attached hydrogen (secondary N) is 1. The van der Waals surface area contributed by atoms with E-state index in [2.05, 4.69) is 19.8 Å². The molecule has 30 heavy (non-hydrogen) atoms. The van der Waals surface area contributed by atoms with Crippen molar-refractivity contribution in [3.63, 3.8) is 0 Å². The van der Waals surface area contributed by atoms with E-state index in [-0.39, 0.29) is 11.4 Å². The molecule has 1 N–H and O–H groups in total.